The van der Waals surface area contributed by atoms with Gasteiger partial charge < -0.3 is 20.5 Å². The van der Waals surface area contributed by atoms with Gasteiger partial charge in [0.05, 0.1) is 13.2 Å². The van der Waals surface area contributed by atoms with Gasteiger partial charge in [0.2, 0.25) is 11.8 Å². The highest BCUT2D eigenvalue weighted by atomic mass is 16.5. The Morgan fingerprint density at radius 3 is 2.44 bits per heavy atom. The number of hydrogen-bond donors (Lipinski definition) is 3. The Balaban J connectivity index is 0.00000182. The molecule has 27 heavy (non-hydrogen) atoms. The van der Waals surface area contributed by atoms with Crippen molar-refractivity contribution in [3.63, 3.8) is 0 Å². The van der Waals surface area contributed by atoms with Crippen LogP contribution in [0, 0.1) is 0 Å². The number of nitrogens with zero attached hydrogens (tertiary/aromatic N) is 2. The van der Waals surface area contributed by atoms with Crippen LogP contribution in [-0.4, -0.2) is 46.3 Å². The van der Waals surface area contributed by atoms with E-state index >= 15 is 0 Å². The molecule has 1 amide bonds. The van der Waals surface area contributed by atoms with E-state index in [0.29, 0.717) is 23.4 Å². The van der Waals surface area contributed by atoms with Crippen molar-refractivity contribution in [3.05, 3.63) is 11.8 Å². The molecule has 0 radical (unpaired) electrons. The van der Waals surface area contributed by atoms with E-state index in [0.717, 1.165) is 51.4 Å². The summed E-state index contributed by atoms with van der Waals surface area (Å²) in [7, 11) is 1.51. The Kier molecular flexibility index (Phi) is 9.49. The van der Waals surface area contributed by atoms with Crippen molar-refractivity contribution in [2.75, 3.05) is 12.4 Å². The van der Waals surface area contributed by atoms with Gasteiger partial charge in [0.25, 0.3) is 5.91 Å². The highest BCUT2D eigenvalue weighted by Crippen LogP contribution is 2.24. The van der Waals surface area contributed by atoms with Gasteiger partial charge in [0.1, 0.15) is 5.56 Å². The first-order valence-electron chi connectivity index (χ1n) is 9.32. The lowest BCUT2D eigenvalue weighted by atomic mass is 9.93. The molecule has 0 saturated heterocycles. The molecule has 7 heteroatoms. The first-order chi connectivity index (χ1) is 12.2. The number of aliphatic hydroxyl groups is 1. The number of anilines is 1. The smallest absolute Gasteiger partial charge is 0.258 e. The maximum Gasteiger partial charge on any atom is 0.258 e. The van der Waals surface area contributed by atoms with E-state index < -0.39 is 0 Å². The van der Waals surface area contributed by atoms with Crippen molar-refractivity contribution in [1.29, 1.82) is 0 Å². The molecule has 2 atom stereocenters. The van der Waals surface area contributed by atoms with Crippen molar-refractivity contribution >= 4 is 11.9 Å². The third-order valence-corrected chi connectivity index (χ3v) is 5.15. The lowest BCUT2D eigenvalue weighted by molar-refractivity contribution is 0.0906. The molecule has 3 N–H and O–H groups in total. The Morgan fingerprint density at radius 1 is 1.07 bits per heavy atom. The molecule has 2 saturated carbocycles. The first kappa shape index (κ1) is 23.1. The minimum absolute atomic E-state index is 0. The second-order valence-corrected chi connectivity index (χ2v) is 7.07. The number of carbonyl (C=O) groups is 1. The van der Waals surface area contributed by atoms with Gasteiger partial charge in [-0.15, -0.1) is 0 Å². The number of ether oxygens (including phenoxy) is 1. The van der Waals surface area contributed by atoms with Crippen molar-refractivity contribution in [1.82, 2.24) is 15.3 Å². The normalized spacial score (nSPS) is 22.7. The monoisotopic (exact) mass is 380 g/mol. The van der Waals surface area contributed by atoms with Crippen LogP contribution in [0.3, 0.4) is 0 Å². The van der Waals surface area contributed by atoms with Gasteiger partial charge in [-0.25, -0.2) is 4.98 Å². The molecule has 7 nitrogen and oxygen atoms in total. The van der Waals surface area contributed by atoms with Crippen LogP contribution in [-0.2, 0) is 0 Å². The lowest BCUT2D eigenvalue weighted by Gasteiger charge is -2.26. The topological polar surface area (TPSA) is 96.4 Å². The summed E-state index contributed by atoms with van der Waals surface area (Å²) in [6, 6.07) is 0.491. The third kappa shape index (κ3) is 6.34. The fourth-order valence-corrected chi connectivity index (χ4v) is 3.34. The van der Waals surface area contributed by atoms with Gasteiger partial charge in [0, 0.05) is 18.3 Å². The highest BCUT2D eigenvalue weighted by molar-refractivity contribution is 5.96. The predicted octanol–water partition coefficient (Wildman–Crippen LogP) is 3.54. The second-order valence-electron chi connectivity index (χ2n) is 7.07. The summed E-state index contributed by atoms with van der Waals surface area (Å²) in [5.41, 5.74) is 0.351. The summed E-state index contributed by atoms with van der Waals surface area (Å²) in [6.07, 6.45) is 10.1. The van der Waals surface area contributed by atoms with Crippen LogP contribution in [0.1, 0.15) is 83.0 Å². The summed E-state index contributed by atoms with van der Waals surface area (Å²) in [5, 5.41) is 16.1. The first-order valence-corrected chi connectivity index (χ1v) is 9.32. The maximum absolute atomic E-state index is 12.6. The van der Waals surface area contributed by atoms with E-state index in [2.05, 4.69) is 20.6 Å². The highest BCUT2D eigenvalue weighted by Gasteiger charge is 2.23. The third-order valence-electron chi connectivity index (χ3n) is 5.15. The molecule has 0 unspecified atom stereocenters. The number of amides is 1. The Labute approximate surface area is 163 Å². The van der Waals surface area contributed by atoms with E-state index in [4.69, 9.17) is 4.74 Å². The molecule has 1 aromatic heterocycles. The standard InChI is InChI=1S/C18H28N4O3.2CH4/c1-25-17-15(11-19-18(22-17)21-12-6-4-7-12)16(24)20-13-5-2-3-8-14(23)10-9-13;;/h11-14,23H,2-10H2,1H3,(H,20,24)(H,19,21,22);2*1H4/t13-,14+;;/m1../s1. The summed E-state index contributed by atoms with van der Waals surface area (Å²) < 4.78 is 5.30. The summed E-state index contributed by atoms with van der Waals surface area (Å²) in [6.45, 7) is 0. The zero-order valence-corrected chi connectivity index (χ0v) is 14.8. The minimum Gasteiger partial charge on any atom is -0.480 e. The maximum atomic E-state index is 12.6. The molecule has 2 aliphatic carbocycles. The number of methoxy groups -OCH3 is 1. The van der Waals surface area contributed by atoms with Crippen LogP contribution in [0.2, 0.25) is 0 Å². The van der Waals surface area contributed by atoms with E-state index in [1.54, 1.807) is 0 Å². The Morgan fingerprint density at radius 2 is 1.78 bits per heavy atom. The quantitative estimate of drug-likeness (QED) is 0.723. The van der Waals surface area contributed by atoms with E-state index in [-0.39, 0.29) is 32.9 Å². The molecule has 0 aliphatic heterocycles. The van der Waals surface area contributed by atoms with Crippen LogP contribution in [0.25, 0.3) is 0 Å². The van der Waals surface area contributed by atoms with E-state index in [9.17, 15) is 9.90 Å². The molecular weight excluding hydrogens is 344 g/mol. The van der Waals surface area contributed by atoms with Crippen LogP contribution in [0.5, 0.6) is 5.88 Å². The van der Waals surface area contributed by atoms with Gasteiger partial charge in [0.15, 0.2) is 0 Å². The number of aliphatic hydroxyl groups excluding tert-OH is 1. The molecule has 0 bridgehead atoms. The van der Waals surface area contributed by atoms with Gasteiger partial charge in [-0.2, -0.15) is 4.98 Å². The molecule has 2 fully saturated rings. The fourth-order valence-electron chi connectivity index (χ4n) is 3.34. The summed E-state index contributed by atoms with van der Waals surface area (Å²) in [5.74, 6) is 0.583. The molecule has 1 aromatic rings. The fraction of sp³-hybridized carbons (Fsp3) is 0.750. The van der Waals surface area contributed by atoms with Crippen LogP contribution >= 0.6 is 0 Å². The van der Waals surface area contributed by atoms with Crippen LogP contribution in [0.15, 0.2) is 6.20 Å². The molecule has 0 spiro atoms. The van der Waals surface area contributed by atoms with E-state index in [1.807, 2.05) is 0 Å². The lowest BCUT2D eigenvalue weighted by Crippen LogP contribution is -2.36. The minimum atomic E-state index is -0.255. The largest absolute Gasteiger partial charge is 0.480 e. The van der Waals surface area contributed by atoms with Crippen LogP contribution in [0.4, 0.5) is 5.95 Å². The zero-order chi connectivity index (χ0) is 17.6. The SMILES string of the molecule is C.C.COc1nc(NC2CCC2)ncc1C(=O)N[C@@H]1CCCC[C@H](O)CC1. The summed E-state index contributed by atoms with van der Waals surface area (Å²) >= 11 is 0. The van der Waals surface area contributed by atoms with Crippen molar-refractivity contribution < 1.29 is 14.6 Å². The number of aromatic nitrogens is 2. The van der Waals surface area contributed by atoms with Crippen molar-refractivity contribution in [2.24, 2.45) is 0 Å². The summed E-state index contributed by atoms with van der Waals surface area (Å²) in [4.78, 5) is 21.2. The number of nitrogens with one attached hydrogen (secondary N) is 2. The van der Waals surface area contributed by atoms with Gasteiger partial charge >= 0.3 is 0 Å². The second kappa shape index (κ2) is 11.1. The van der Waals surface area contributed by atoms with Crippen molar-refractivity contribution in [3.8, 4) is 5.88 Å². The van der Waals surface area contributed by atoms with Crippen LogP contribution < -0.4 is 15.4 Å². The number of hydrogen-bond acceptors (Lipinski definition) is 6. The molecule has 0 aromatic carbocycles. The molecule has 154 valence electrons. The van der Waals surface area contributed by atoms with Crippen molar-refractivity contribution in [2.45, 2.75) is 90.8 Å². The zero-order valence-electron chi connectivity index (χ0n) is 14.8. The van der Waals surface area contributed by atoms with Gasteiger partial charge in [-0.3, -0.25) is 4.79 Å². The predicted molar refractivity (Wildman–Crippen MR) is 108 cm³/mol. The molecular formula is C20H36N4O3. The molecule has 3 rings (SSSR count). The van der Waals surface area contributed by atoms with Gasteiger partial charge in [-0.1, -0.05) is 27.7 Å². The Hall–Kier alpha value is -1.89. The average molecular weight is 381 g/mol. The molecule has 2 aliphatic rings. The average Bonchev–Trinajstić information content (AvgIpc) is 2.57. The Bertz CT molecular complexity index is 593. The van der Waals surface area contributed by atoms with E-state index in [1.165, 1.54) is 19.7 Å². The number of carbonyl (C=O) groups excluding carboxylic acids is 1. The van der Waals surface area contributed by atoms with Gasteiger partial charge in [-0.05, 0) is 44.9 Å². The molecule has 1 heterocycles. The number of rotatable bonds is 5.